The summed E-state index contributed by atoms with van der Waals surface area (Å²) in [5, 5.41) is 8.43. The lowest BCUT2D eigenvalue weighted by atomic mass is 10.2. The first kappa shape index (κ1) is 12.5. The van der Waals surface area contributed by atoms with Gasteiger partial charge in [0.2, 0.25) is 0 Å². The predicted molar refractivity (Wildman–Crippen MR) is 62.5 cm³/mol. The Morgan fingerprint density at radius 1 is 1.53 bits per heavy atom. The van der Waals surface area contributed by atoms with E-state index in [0.29, 0.717) is 11.5 Å². The molecule has 0 aliphatic carbocycles. The van der Waals surface area contributed by atoms with Crippen molar-refractivity contribution >= 4 is 33.7 Å². The molecule has 1 N–H and O–H groups in total. The van der Waals surface area contributed by atoms with Gasteiger partial charge in [0.15, 0.2) is 0 Å². The lowest BCUT2D eigenvalue weighted by Crippen LogP contribution is -1.96. The van der Waals surface area contributed by atoms with E-state index in [1.165, 1.54) is 23.9 Å². The molecule has 0 saturated heterocycles. The molecule has 0 heterocycles. The first-order valence-electron chi connectivity index (χ1n) is 4.33. The van der Waals surface area contributed by atoms with Gasteiger partial charge >= 0.3 is 5.97 Å². The Morgan fingerprint density at radius 2 is 2.27 bits per heavy atom. The van der Waals surface area contributed by atoms with Gasteiger partial charge in [-0.2, -0.15) is 11.8 Å². The van der Waals surface area contributed by atoms with Gasteiger partial charge in [0.25, 0.3) is 0 Å². The average molecular weight is 293 g/mol. The third-order valence-corrected chi connectivity index (χ3v) is 3.51. The third kappa shape index (κ3) is 4.66. The number of aliphatic carboxylic acids is 1. The fraction of sp³-hybridized carbons (Fsp3) is 0.300. The van der Waals surface area contributed by atoms with E-state index in [1.807, 2.05) is 0 Å². The molecule has 0 unspecified atom stereocenters. The zero-order valence-corrected chi connectivity index (χ0v) is 10.3. The summed E-state index contributed by atoms with van der Waals surface area (Å²) in [6.45, 7) is 0. The second kappa shape index (κ2) is 6.12. The molecule has 0 spiro atoms. The summed E-state index contributed by atoms with van der Waals surface area (Å²) in [6, 6.07) is 4.50. The molecule has 1 rings (SSSR count). The van der Waals surface area contributed by atoms with Crippen molar-refractivity contribution in [2.75, 3.05) is 5.75 Å². The van der Waals surface area contributed by atoms with Crippen molar-refractivity contribution in [3.63, 3.8) is 0 Å². The van der Waals surface area contributed by atoms with Gasteiger partial charge in [0.05, 0.1) is 6.42 Å². The highest BCUT2D eigenvalue weighted by atomic mass is 79.9. The molecular weight excluding hydrogens is 283 g/mol. The Kier molecular flexibility index (Phi) is 5.11. The first-order chi connectivity index (χ1) is 7.09. The van der Waals surface area contributed by atoms with Crippen molar-refractivity contribution in [3.05, 3.63) is 34.1 Å². The van der Waals surface area contributed by atoms with Crippen LogP contribution in [0.1, 0.15) is 12.0 Å². The Morgan fingerprint density at radius 3 is 2.93 bits per heavy atom. The molecule has 1 aromatic carbocycles. The molecule has 82 valence electrons. The largest absolute Gasteiger partial charge is 0.481 e. The zero-order valence-electron chi connectivity index (χ0n) is 7.87. The predicted octanol–water partition coefficient (Wildman–Crippen LogP) is 3.30. The molecular formula is C10H10BrFO2S. The second-order valence-electron chi connectivity index (χ2n) is 2.93. The van der Waals surface area contributed by atoms with Crippen LogP contribution in [0.25, 0.3) is 0 Å². The number of hydrogen-bond donors (Lipinski definition) is 1. The first-order valence-corrected chi connectivity index (χ1v) is 6.28. The van der Waals surface area contributed by atoms with Crippen LogP contribution in [0.3, 0.4) is 0 Å². The molecule has 0 aliphatic heterocycles. The summed E-state index contributed by atoms with van der Waals surface area (Å²) in [5.41, 5.74) is 0.852. The SMILES string of the molecule is O=C(O)CCSCc1cc(F)ccc1Br. The molecule has 0 saturated carbocycles. The van der Waals surface area contributed by atoms with Crippen LogP contribution in [-0.2, 0) is 10.5 Å². The van der Waals surface area contributed by atoms with Crippen LogP contribution < -0.4 is 0 Å². The number of benzene rings is 1. The van der Waals surface area contributed by atoms with Crippen LogP contribution in [0.5, 0.6) is 0 Å². The maximum atomic E-state index is 12.9. The second-order valence-corrected chi connectivity index (χ2v) is 4.89. The minimum atomic E-state index is -0.805. The molecule has 0 aromatic heterocycles. The van der Waals surface area contributed by atoms with Crippen molar-refractivity contribution in [2.45, 2.75) is 12.2 Å². The molecule has 0 amide bonds. The van der Waals surface area contributed by atoms with Crippen LogP contribution in [0.2, 0.25) is 0 Å². The molecule has 0 fully saturated rings. The molecule has 0 radical (unpaired) electrons. The summed E-state index contributed by atoms with van der Waals surface area (Å²) < 4.78 is 13.7. The van der Waals surface area contributed by atoms with Crippen molar-refractivity contribution < 1.29 is 14.3 Å². The van der Waals surface area contributed by atoms with Crippen LogP contribution >= 0.6 is 27.7 Å². The van der Waals surface area contributed by atoms with Crippen molar-refractivity contribution in [3.8, 4) is 0 Å². The van der Waals surface area contributed by atoms with Crippen molar-refractivity contribution in [1.29, 1.82) is 0 Å². The molecule has 1 aromatic rings. The summed E-state index contributed by atoms with van der Waals surface area (Å²) >= 11 is 4.80. The zero-order chi connectivity index (χ0) is 11.3. The Hall–Kier alpha value is -0.550. The van der Waals surface area contributed by atoms with Crippen LogP contribution in [0.4, 0.5) is 4.39 Å². The number of carboxylic acid groups (broad SMARTS) is 1. The number of thioether (sulfide) groups is 1. The number of hydrogen-bond acceptors (Lipinski definition) is 2. The number of rotatable bonds is 5. The topological polar surface area (TPSA) is 37.3 Å². The van der Waals surface area contributed by atoms with E-state index in [4.69, 9.17) is 5.11 Å². The van der Waals surface area contributed by atoms with E-state index in [-0.39, 0.29) is 12.2 Å². The van der Waals surface area contributed by atoms with E-state index in [0.717, 1.165) is 10.0 Å². The summed E-state index contributed by atoms with van der Waals surface area (Å²) in [4.78, 5) is 10.2. The van der Waals surface area contributed by atoms with Gasteiger partial charge in [0, 0.05) is 16.0 Å². The standard InChI is InChI=1S/C10H10BrFO2S/c11-9-2-1-8(12)5-7(9)6-15-4-3-10(13)14/h1-2,5H,3-4,6H2,(H,13,14). The molecule has 0 aliphatic rings. The lowest BCUT2D eigenvalue weighted by Gasteiger charge is -2.03. The van der Waals surface area contributed by atoms with E-state index < -0.39 is 5.97 Å². The Balaban J connectivity index is 2.43. The number of carboxylic acids is 1. The normalized spacial score (nSPS) is 10.3. The molecule has 5 heteroatoms. The van der Waals surface area contributed by atoms with E-state index in [9.17, 15) is 9.18 Å². The Bertz CT molecular complexity index is 357. The fourth-order valence-electron chi connectivity index (χ4n) is 0.996. The van der Waals surface area contributed by atoms with Gasteiger partial charge in [-0.1, -0.05) is 15.9 Å². The quantitative estimate of drug-likeness (QED) is 0.846. The van der Waals surface area contributed by atoms with E-state index >= 15 is 0 Å². The fourth-order valence-corrected chi connectivity index (χ4v) is 2.49. The molecule has 0 atom stereocenters. The minimum absolute atomic E-state index is 0.137. The smallest absolute Gasteiger partial charge is 0.304 e. The third-order valence-electron chi connectivity index (χ3n) is 1.73. The maximum Gasteiger partial charge on any atom is 0.304 e. The highest BCUT2D eigenvalue weighted by Gasteiger charge is 2.03. The van der Waals surface area contributed by atoms with Crippen LogP contribution in [0.15, 0.2) is 22.7 Å². The van der Waals surface area contributed by atoms with E-state index in [2.05, 4.69) is 15.9 Å². The van der Waals surface area contributed by atoms with Crippen LogP contribution in [-0.4, -0.2) is 16.8 Å². The van der Waals surface area contributed by atoms with Crippen molar-refractivity contribution in [1.82, 2.24) is 0 Å². The summed E-state index contributed by atoms with van der Waals surface area (Å²) in [7, 11) is 0. The lowest BCUT2D eigenvalue weighted by molar-refractivity contribution is -0.136. The van der Waals surface area contributed by atoms with Crippen LogP contribution in [0, 0.1) is 5.82 Å². The van der Waals surface area contributed by atoms with Gasteiger partial charge in [-0.15, -0.1) is 0 Å². The van der Waals surface area contributed by atoms with Crippen molar-refractivity contribution in [2.24, 2.45) is 0 Å². The Labute approximate surface area is 100 Å². The highest BCUT2D eigenvalue weighted by Crippen LogP contribution is 2.22. The van der Waals surface area contributed by atoms with Gasteiger partial charge < -0.3 is 5.11 Å². The highest BCUT2D eigenvalue weighted by molar-refractivity contribution is 9.10. The average Bonchev–Trinajstić information content (AvgIpc) is 2.17. The summed E-state index contributed by atoms with van der Waals surface area (Å²) in [6.07, 6.45) is 0.137. The summed E-state index contributed by atoms with van der Waals surface area (Å²) in [5.74, 6) is 0.0806. The monoisotopic (exact) mass is 292 g/mol. The van der Waals surface area contributed by atoms with Gasteiger partial charge in [-0.25, -0.2) is 4.39 Å². The van der Waals surface area contributed by atoms with Gasteiger partial charge in [-0.3, -0.25) is 4.79 Å². The van der Waals surface area contributed by atoms with Gasteiger partial charge in [0.1, 0.15) is 5.82 Å². The van der Waals surface area contributed by atoms with Gasteiger partial charge in [-0.05, 0) is 23.8 Å². The maximum absolute atomic E-state index is 12.9. The number of halogens is 2. The van der Waals surface area contributed by atoms with E-state index in [1.54, 1.807) is 6.07 Å². The molecule has 2 nitrogen and oxygen atoms in total. The number of carbonyl (C=O) groups is 1. The minimum Gasteiger partial charge on any atom is -0.481 e. The molecule has 15 heavy (non-hydrogen) atoms. The molecule has 0 bridgehead atoms.